The van der Waals surface area contributed by atoms with Crippen LogP contribution in [0.3, 0.4) is 0 Å². The van der Waals surface area contributed by atoms with Gasteiger partial charge < -0.3 is 4.74 Å². The maximum absolute atomic E-state index is 5.18. The summed E-state index contributed by atoms with van der Waals surface area (Å²) in [6, 6.07) is 23.2. The lowest BCUT2D eigenvalue weighted by atomic mass is 9.98. The highest BCUT2D eigenvalue weighted by Gasteiger charge is 2.01. The van der Waals surface area contributed by atoms with Crippen molar-refractivity contribution >= 4 is 10.8 Å². The maximum Gasteiger partial charge on any atom is 0.118 e. The Balaban J connectivity index is 1.79. The molecule has 0 aliphatic carbocycles. The van der Waals surface area contributed by atoms with Crippen LogP contribution < -0.4 is 4.74 Å². The van der Waals surface area contributed by atoms with Gasteiger partial charge in [0.25, 0.3) is 0 Å². The molecule has 3 aromatic rings. The van der Waals surface area contributed by atoms with Gasteiger partial charge in [-0.1, -0.05) is 54.6 Å². The Bertz CT molecular complexity index is 693. The Morgan fingerprint density at radius 1 is 0.850 bits per heavy atom. The van der Waals surface area contributed by atoms with Gasteiger partial charge in [0.15, 0.2) is 0 Å². The van der Waals surface area contributed by atoms with Crippen LogP contribution in [0, 0.1) is 6.42 Å². The molecule has 0 aromatic heterocycles. The summed E-state index contributed by atoms with van der Waals surface area (Å²) in [6.45, 7) is 0. The van der Waals surface area contributed by atoms with Crippen LogP contribution in [0.5, 0.6) is 5.75 Å². The molecule has 0 aliphatic heterocycles. The van der Waals surface area contributed by atoms with Crippen LogP contribution in [0.15, 0.2) is 66.7 Å². The Kier molecular flexibility index (Phi) is 3.69. The van der Waals surface area contributed by atoms with Gasteiger partial charge in [0.05, 0.1) is 7.11 Å². The first-order chi connectivity index (χ1) is 9.86. The third-order valence-corrected chi connectivity index (χ3v) is 3.54. The average molecular weight is 261 g/mol. The summed E-state index contributed by atoms with van der Waals surface area (Å²) in [7, 11) is 1.69. The topological polar surface area (TPSA) is 9.23 Å². The lowest BCUT2D eigenvalue weighted by Gasteiger charge is -2.07. The Labute approximate surface area is 119 Å². The van der Waals surface area contributed by atoms with Gasteiger partial charge in [0, 0.05) is 0 Å². The van der Waals surface area contributed by atoms with Crippen molar-refractivity contribution in [3.63, 3.8) is 0 Å². The summed E-state index contributed by atoms with van der Waals surface area (Å²) in [5.74, 6) is 0.902. The normalized spacial score (nSPS) is 10.7. The molecule has 0 heterocycles. The fourth-order valence-electron chi connectivity index (χ4n) is 2.42. The quantitative estimate of drug-likeness (QED) is 0.664. The molecule has 20 heavy (non-hydrogen) atoms. The highest BCUT2D eigenvalue weighted by atomic mass is 16.5. The van der Waals surface area contributed by atoms with Crippen molar-refractivity contribution in [2.24, 2.45) is 0 Å². The summed E-state index contributed by atoms with van der Waals surface area (Å²) in [4.78, 5) is 0. The smallest absolute Gasteiger partial charge is 0.118 e. The highest BCUT2D eigenvalue weighted by molar-refractivity contribution is 5.86. The number of hydrogen-bond acceptors (Lipinski definition) is 1. The van der Waals surface area contributed by atoms with Crippen molar-refractivity contribution in [2.45, 2.75) is 6.42 Å². The molecule has 0 saturated heterocycles. The molecule has 3 aromatic carbocycles. The van der Waals surface area contributed by atoms with Gasteiger partial charge in [0.2, 0.25) is 0 Å². The number of hydrogen-bond donors (Lipinski definition) is 0. The van der Waals surface area contributed by atoms with Crippen LogP contribution in [0.2, 0.25) is 0 Å². The molecule has 0 spiro atoms. The molecule has 0 aliphatic rings. The van der Waals surface area contributed by atoms with E-state index in [4.69, 9.17) is 4.74 Å². The van der Waals surface area contributed by atoms with Crippen molar-refractivity contribution in [2.75, 3.05) is 7.11 Å². The molecule has 1 radical (unpaired) electrons. The van der Waals surface area contributed by atoms with E-state index in [0.717, 1.165) is 12.2 Å². The fourth-order valence-corrected chi connectivity index (χ4v) is 2.42. The van der Waals surface area contributed by atoms with Crippen LogP contribution in [0.4, 0.5) is 0 Å². The molecule has 0 N–H and O–H groups in total. The van der Waals surface area contributed by atoms with E-state index in [9.17, 15) is 0 Å². The van der Waals surface area contributed by atoms with Gasteiger partial charge in [-0.25, -0.2) is 0 Å². The van der Waals surface area contributed by atoms with Crippen molar-refractivity contribution in [3.8, 4) is 5.75 Å². The molecule has 0 fully saturated rings. The molecule has 0 saturated carbocycles. The molecule has 0 amide bonds. The predicted molar refractivity (Wildman–Crippen MR) is 84.0 cm³/mol. The molecule has 0 unspecified atom stereocenters. The van der Waals surface area contributed by atoms with Crippen LogP contribution in [-0.4, -0.2) is 7.11 Å². The first-order valence-electron chi connectivity index (χ1n) is 6.81. The third-order valence-electron chi connectivity index (χ3n) is 3.54. The van der Waals surface area contributed by atoms with Gasteiger partial charge in [-0.05, 0) is 46.9 Å². The van der Waals surface area contributed by atoms with Crippen molar-refractivity contribution in [1.82, 2.24) is 0 Å². The van der Waals surface area contributed by atoms with E-state index in [1.807, 2.05) is 12.1 Å². The zero-order valence-corrected chi connectivity index (χ0v) is 11.5. The van der Waals surface area contributed by atoms with Crippen molar-refractivity contribution in [3.05, 3.63) is 84.3 Å². The monoisotopic (exact) mass is 261 g/mol. The minimum atomic E-state index is 0.902. The first-order valence-corrected chi connectivity index (χ1v) is 6.81. The second-order valence-corrected chi connectivity index (χ2v) is 4.82. The lowest BCUT2D eigenvalue weighted by molar-refractivity contribution is 0.414. The lowest BCUT2D eigenvalue weighted by Crippen LogP contribution is -1.90. The minimum absolute atomic E-state index is 0.902. The molecule has 1 heteroatoms. The van der Waals surface area contributed by atoms with Crippen LogP contribution in [0.25, 0.3) is 10.8 Å². The number of ether oxygens (including phenoxy) is 1. The van der Waals surface area contributed by atoms with E-state index >= 15 is 0 Å². The summed E-state index contributed by atoms with van der Waals surface area (Å²) >= 11 is 0. The van der Waals surface area contributed by atoms with E-state index in [-0.39, 0.29) is 0 Å². The van der Waals surface area contributed by atoms with Crippen LogP contribution in [-0.2, 0) is 6.42 Å². The summed E-state index contributed by atoms with van der Waals surface area (Å²) in [5.41, 5.74) is 2.58. The number of rotatable bonds is 4. The Hall–Kier alpha value is -2.28. The van der Waals surface area contributed by atoms with Crippen molar-refractivity contribution < 1.29 is 4.74 Å². The van der Waals surface area contributed by atoms with E-state index in [2.05, 4.69) is 61.0 Å². The van der Waals surface area contributed by atoms with Crippen molar-refractivity contribution in [1.29, 1.82) is 0 Å². The average Bonchev–Trinajstić information content (AvgIpc) is 2.53. The molecule has 3 rings (SSSR count). The van der Waals surface area contributed by atoms with E-state index in [0.29, 0.717) is 0 Å². The highest BCUT2D eigenvalue weighted by Crippen LogP contribution is 2.21. The molecule has 99 valence electrons. The minimum Gasteiger partial charge on any atom is -0.497 e. The Morgan fingerprint density at radius 3 is 2.40 bits per heavy atom. The van der Waals surface area contributed by atoms with Gasteiger partial charge in [-0.3, -0.25) is 0 Å². The fraction of sp³-hybridized carbons (Fsp3) is 0.105. The summed E-state index contributed by atoms with van der Waals surface area (Å²) in [6.07, 6.45) is 3.21. The molecular weight excluding hydrogens is 244 g/mol. The van der Waals surface area contributed by atoms with Gasteiger partial charge >= 0.3 is 0 Å². The van der Waals surface area contributed by atoms with E-state index in [1.54, 1.807) is 7.11 Å². The third kappa shape index (κ3) is 2.67. The number of methoxy groups -OCH3 is 1. The number of benzene rings is 3. The van der Waals surface area contributed by atoms with Crippen LogP contribution in [0.1, 0.15) is 11.1 Å². The SMILES string of the molecule is COc1ccc(C[CH]c2cccc3ccccc23)cc1. The summed E-state index contributed by atoms with van der Waals surface area (Å²) in [5, 5.41) is 2.60. The van der Waals surface area contributed by atoms with Crippen LogP contribution >= 0.6 is 0 Å². The summed E-state index contributed by atoms with van der Waals surface area (Å²) < 4.78 is 5.18. The number of fused-ring (bicyclic) bond motifs is 1. The zero-order chi connectivity index (χ0) is 13.8. The second kappa shape index (κ2) is 5.79. The maximum atomic E-state index is 5.18. The standard InChI is InChI=1S/C19H17O/c1-20-18-13-10-15(11-14-18)9-12-17-7-4-6-16-5-2-3-8-19(16)17/h2-8,10-14H,9H2,1H3. The van der Waals surface area contributed by atoms with Gasteiger partial charge in [-0.15, -0.1) is 0 Å². The molecular formula is C19H17O. The van der Waals surface area contributed by atoms with E-state index in [1.165, 1.54) is 21.9 Å². The Morgan fingerprint density at radius 2 is 1.60 bits per heavy atom. The predicted octanol–water partition coefficient (Wildman–Crippen LogP) is 4.64. The van der Waals surface area contributed by atoms with E-state index < -0.39 is 0 Å². The first kappa shape index (κ1) is 12.7. The van der Waals surface area contributed by atoms with Gasteiger partial charge in [-0.2, -0.15) is 0 Å². The molecule has 0 bridgehead atoms. The molecule has 0 atom stereocenters. The second-order valence-electron chi connectivity index (χ2n) is 4.82. The zero-order valence-electron chi connectivity index (χ0n) is 11.5. The molecule has 1 nitrogen and oxygen atoms in total. The largest absolute Gasteiger partial charge is 0.497 e. The van der Waals surface area contributed by atoms with Gasteiger partial charge in [0.1, 0.15) is 5.75 Å².